The molecule has 0 aromatic carbocycles. The highest BCUT2D eigenvalue weighted by Gasteiger charge is 2.47. The molecule has 0 aromatic rings. The largest absolute Gasteiger partial charge is 0.452 e. The molecule has 2 fully saturated rings. The maximum atomic E-state index is 11.4. The molecule has 2 saturated heterocycles. The number of carbonyl (C=O) groups is 1. The average Bonchev–Trinajstić information content (AvgIpc) is 3.42. The quantitative estimate of drug-likeness (QED) is 0.295. The van der Waals surface area contributed by atoms with Crippen molar-refractivity contribution in [1.82, 2.24) is 0 Å². The van der Waals surface area contributed by atoms with E-state index in [0.717, 1.165) is 25.7 Å². The Hall–Kier alpha value is -0.516. The van der Waals surface area contributed by atoms with Crippen LogP contribution in [0, 0.1) is 0 Å². The summed E-state index contributed by atoms with van der Waals surface area (Å²) in [6.45, 7) is 23.4. The molecule has 6 nitrogen and oxygen atoms in total. The molecular weight excluding hydrogens is 464 g/mol. The summed E-state index contributed by atoms with van der Waals surface area (Å²) in [4.78, 5) is 11.4. The van der Waals surface area contributed by atoms with Crippen LogP contribution in [0.1, 0.15) is 67.2 Å². The molecule has 0 radical (unpaired) electrons. The zero-order valence-electron chi connectivity index (χ0n) is 23.1. The Bertz CT molecular complexity index is 751. The van der Waals surface area contributed by atoms with E-state index in [4.69, 9.17) is 23.1 Å². The first-order valence-corrected chi connectivity index (χ1v) is 18.8. The number of hydrogen-bond donors (Lipinski definition) is 0. The van der Waals surface area contributed by atoms with E-state index >= 15 is 0 Å². The molecule has 8 heteroatoms. The van der Waals surface area contributed by atoms with E-state index in [1.807, 2.05) is 6.08 Å². The van der Waals surface area contributed by atoms with Crippen molar-refractivity contribution in [2.24, 2.45) is 0 Å². The second kappa shape index (κ2) is 10.1. The molecule has 3 heterocycles. The minimum absolute atomic E-state index is 0.00995. The molecule has 0 aromatic heterocycles. The van der Waals surface area contributed by atoms with Crippen molar-refractivity contribution >= 4 is 22.6 Å². The smallest absolute Gasteiger partial charge is 0.331 e. The van der Waals surface area contributed by atoms with Gasteiger partial charge in [0.25, 0.3) is 0 Å². The molecule has 6 atom stereocenters. The molecule has 3 aliphatic heterocycles. The molecule has 3 aliphatic rings. The van der Waals surface area contributed by atoms with E-state index in [0.29, 0.717) is 6.61 Å². The fraction of sp³-hybridized carbons (Fsp3) is 0.885. The number of hydrogen-bond acceptors (Lipinski definition) is 6. The van der Waals surface area contributed by atoms with Crippen molar-refractivity contribution in [3.8, 4) is 0 Å². The molecule has 0 N–H and O–H groups in total. The standard InChI is InChI=1S/C26H48O6Si2/c1-25(2,3)33(7,8)28-17-23(32-34(9,10)26(4,5)6)22-14-13-19(30-22)18-11-12-20(29-18)21-15-16-24(27)31-21/h15-16,18-23H,11-14,17H2,1-10H3/t18-,19-,20-,21+,22-,23-/m1/s1. The van der Waals surface area contributed by atoms with Gasteiger partial charge in [-0.05, 0) is 68.0 Å². The maximum Gasteiger partial charge on any atom is 0.331 e. The van der Waals surface area contributed by atoms with E-state index in [1.165, 1.54) is 6.08 Å². The van der Waals surface area contributed by atoms with Gasteiger partial charge >= 0.3 is 5.97 Å². The first kappa shape index (κ1) is 28.1. The lowest BCUT2D eigenvalue weighted by Crippen LogP contribution is -2.51. The monoisotopic (exact) mass is 512 g/mol. The Kier molecular flexibility index (Phi) is 8.33. The van der Waals surface area contributed by atoms with Gasteiger partial charge in [-0.3, -0.25) is 0 Å². The van der Waals surface area contributed by atoms with Crippen LogP contribution in [-0.2, 0) is 27.9 Å². The van der Waals surface area contributed by atoms with E-state index in [9.17, 15) is 4.79 Å². The summed E-state index contributed by atoms with van der Waals surface area (Å²) >= 11 is 0. The highest BCUT2D eigenvalue weighted by atomic mass is 28.4. The maximum absolute atomic E-state index is 11.4. The molecule has 0 amide bonds. The number of rotatable bonds is 8. The lowest BCUT2D eigenvalue weighted by molar-refractivity contribution is -0.147. The summed E-state index contributed by atoms with van der Waals surface area (Å²) in [6.07, 6.45) is 6.73. The molecule has 0 unspecified atom stereocenters. The highest BCUT2D eigenvalue weighted by Crippen LogP contribution is 2.41. The zero-order chi connectivity index (χ0) is 25.5. The number of cyclic esters (lactones) is 1. The van der Waals surface area contributed by atoms with E-state index in [2.05, 4.69) is 67.7 Å². The predicted molar refractivity (Wildman–Crippen MR) is 140 cm³/mol. The minimum Gasteiger partial charge on any atom is -0.452 e. The Morgan fingerprint density at radius 3 is 2.00 bits per heavy atom. The van der Waals surface area contributed by atoms with Gasteiger partial charge in [-0.25, -0.2) is 4.79 Å². The van der Waals surface area contributed by atoms with E-state index in [-0.39, 0.29) is 52.7 Å². The molecule has 196 valence electrons. The van der Waals surface area contributed by atoms with Gasteiger partial charge in [0.2, 0.25) is 0 Å². The Labute approximate surface area is 209 Å². The molecule has 3 rings (SSSR count). The third-order valence-corrected chi connectivity index (χ3v) is 17.7. The van der Waals surface area contributed by atoms with Gasteiger partial charge in [-0.15, -0.1) is 0 Å². The summed E-state index contributed by atoms with van der Waals surface area (Å²) in [7, 11) is -3.90. The average molecular weight is 513 g/mol. The van der Waals surface area contributed by atoms with Crippen LogP contribution < -0.4 is 0 Å². The fourth-order valence-electron chi connectivity index (χ4n) is 4.31. The second-order valence-corrected chi connectivity index (χ2v) is 22.9. The van der Waals surface area contributed by atoms with Gasteiger partial charge < -0.3 is 23.1 Å². The molecule has 0 saturated carbocycles. The van der Waals surface area contributed by atoms with Crippen molar-refractivity contribution in [2.45, 2.75) is 140 Å². The predicted octanol–water partition coefficient (Wildman–Crippen LogP) is 5.98. The molecule has 0 bridgehead atoms. The molecule has 0 spiro atoms. The Morgan fingerprint density at radius 2 is 1.44 bits per heavy atom. The first-order chi connectivity index (χ1) is 15.5. The van der Waals surface area contributed by atoms with Gasteiger partial charge in [-0.1, -0.05) is 41.5 Å². The number of esters is 1. The first-order valence-electron chi connectivity index (χ1n) is 13.0. The van der Waals surface area contributed by atoms with Crippen LogP contribution in [0.5, 0.6) is 0 Å². The van der Waals surface area contributed by atoms with E-state index in [1.54, 1.807) is 0 Å². The summed E-state index contributed by atoms with van der Waals surface area (Å²) in [5.41, 5.74) is 0. The van der Waals surface area contributed by atoms with Gasteiger partial charge in [0, 0.05) is 6.08 Å². The number of carbonyl (C=O) groups excluding carboxylic acids is 1. The zero-order valence-corrected chi connectivity index (χ0v) is 25.1. The summed E-state index contributed by atoms with van der Waals surface area (Å²) in [5.74, 6) is -0.276. The van der Waals surface area contributed by atoms with Crippen molar-refractivity contribution < 1.29 is 27.9 Å². The van der Waals surface area contributed by atoms with Gasteiger partial charge in [0.15, 0.2) is 16.6 Å². The molecule has 0 aliphatic carbocycles. The Balaban J connectivity index is 1.65. The third-order valence-electron chi connectivity index (χ3n) is 8.71. The van der Waals surface area contributed by atoms with Crippen molar-refractivity contribution in [3.63, 3.8) is 0 Å². The lowest BCUT2D eigenvalue weighted by atomic mass is 10.0. The van der Waals surface area contributed by atoms with Crippen LogP contribution in [0.25, 0.3) is 0 Å². The highest BCUT2D eigenvalue weighted by molar-refractivity contribution is 6.74. The van der Waals surface area contributed by atoms with Gasteiger partial charge in [0.1, 0.15) is 6.10 Å². The lowest BCUT2D eigenvalue weighted by Gasteiger charge is -2.43. The van der Waals surface area contributed by atoms with Crippen molar-refractivity contribution in [3.05, 3.63) is 12.2 Å². The van der Waals surface area contributed by atoms with Crippen molar-refractivity contribution in [1.29, 1.82) is 0 Å². The van der Waals surface area contributed by atoms with Crippen LogP contribution in [0.2, 0.25) is 36.3 Å². The SMILES string of the molecule is CC(C)(C)[Si](C)(C)OC[C@@H](O[Si](C)(C)C(C)(C)C)[C@H]1CC[C@H]([C@H]2CC[C@H]([C@@H]3C=CC(=O)O3)O2)O1. The van der Waals surface area contributed by atoms with Crippen molar-refractivity contribution in [2.75, 3.05) is 6.61 Å². The topological polar surface area (TPSA) is 63.2 Å². The third kappa shape index (κ3) is 6.42. The van der Waals surface area contributed by atoms with Crippen LogP contribution >= 0.6 is 0 Å². The summed E-state index contributed by atoms with van der Waals surface area (Å²) in [6, 6.07) is 0. The van der Waals surface area contributed by atoms with E-state index < -0.39 is 16.6 Å². The number of ether oxygens (including phenoxy) is 3. The fourth-order valence-corrected chi connectivity index (χ4v) is 6.65. The molecule has 34 heavy (non-hydrogen) atoms. The van der Waals surface area contributed by atoms with Crippen LogP contribution in [0.15, 0.2) is 12.2 Å². The normalized spacial score (nSPS) is 31.8. The minimum atomic E-state index is -2.00. The second-order valence-electron chi connectivity index (χ2n) is 13.3. The van der Waals surface area contributed by atoms with Crippen LogP contribution in [0.3, 0.4) is 0 Å². The summed E-state index contributed by atoms with van der Waals surface area (Å²) in [5, 5.41) is 0.271. The van der Waals surface area contributed by atoms with Gasteiger partial charge in [-0.2, -0.15) is 0 Å². The summed E-state index contributed by atoms with van der Waals surface area (Å²) < 4.78 is 31.9. The van der Waals surface area contributed by atoms with Crippen LogP contribution in [-0.4, -0.2) is 65.8 Å². The van der Waals surface area contributed by atoms with Crippen LogP contribution in [0.4, 0.5) is 0 Å². The molecular formula is C26H48O6Si2. The Morgan fingerprint density at radius 1 is 0.882 bits per heavy atom. The van der Waals surface area contributed by atoms with Gasteiger partial charge in [0.05, 0.1) is 37.1 Å².